The monoisotopic (exact) mass is 526 g/mol. The van der Waals surface area contributed by atoms with Crippen molar-refractivity contribution >= 4 is 45.2 Å². The van der Waals surface area contributed by atoms with Crippen molar-refractivity contribution in [2.45, 2.75) is 13.8 Å². The van der Waals surface area contributed by atoms with Gasteiger partial charge in [0.2, 0.25) is 0 Å². The van der Waals surface area contributed by atoms with Gasteiger partial charge in [0.05, 0.1) is 9.50 Å². The van der Waals surface area contributed by atoms with Crippen LogP contribution < -0.4 is 15.4 Å². The minimum absolute atomic E-state index is 0.161. The Morgan fingerprint density at radius 1 is 1.00 bits per heavy atom. The molecular formula is C22H15BrClF3N2O3. The molecule has 0 aliphatic rings. The smallest absolute Gasteiger partial charge is 0.326 e. The summed E-state index contributed by atoms with van der Waals surface area (Å²) in [7, 11) is 0. The maximum absolute atomic E-state index is 13.7. The lowest BCUT2D eigenvalue weighted by Crippen LogP contribution is -2.35. The fraction of sp³-hybridized carbons (Fsp3) is 0.0909. The second-order valence-electron chi connectivity index (χ2n) is 6.69. The molecule has 0 aliphatic carbocycles. The molecule has 0 aliphatic heterocycles. The van der Waals surface area contributed by atoms with Crippen LogP contribution in [0.5, 0.6) is 11.5 Å². The van der Waals surface area contributed by atoms with Gasteiger partial charge < -0.3 is 10.1 Å². The van der Waals surface area contributed by atoms with Gasteiger partial charge in [0.25, 0.3) is 5.91 Å². The summed E-state index contributed by atoms with van der Waals surface area (Å²) in [6, 6.07) is 7.33. The van der Waals surface area contributed by atoms with E-state index in [4.69, 9.17) is 16.3 Å². The summed E-state index contributed by atoms with van der Waals surface area (Å²) in [5.41, 5.74) is 0.349. The molecule has 32 heavy (non-hydrogen) atoms. The van der Waals surface area contributed by atoms with Crippen molar-refractivity contribution in [2.24, 2.45) is 0 Å². The van der Waals surface area contributed by atoms with Gasteiger partial charge in [0.15, 0.2) is 0 Å². The van der Waals surface area contributed by atoms with Crippen molar-refractivity contribution < 1.29 is 27.5 Å². The fourth-order valence-corrected chi connectivity index (χ4v) is 3.51. The summed E-state index contributed by atoms with van der Waals surface area (Å²) in [6.45, 7) is 3.26. The van der Waals surface area contributed by atoms with Crippen LogP contribution in [0.3, 0.4) is 0 Å². The summed E-state index contributed by atoms with van der Waals surface area (Å²) in [5, 5.41) is 4.50. The molecule has 0 saturated heterocycles. The first-order valence-corrected chi connectivity index (χ1v) is 10.2. The SMILES string of the molecule is Cc1cc(Oc2ccc(F)cc2Br)c(Cl)c(C)c1NC(=O)NC(=O)c1c(F)cccc1F. The van der Waals surface area contributed by atoms with Gasteiger partial charge in [-0.2, -0.15) is 0 Å². The zero-order valence-electron chi connectivity index (χ0n) is 16.7. The summed E-state index contributed by atoms with van der Waals surface area (Å²) >= 11 is 9.59. The lowest BCUT2D eigenvalue weighted by atomic mass is 10.1. The van der Waals surface area contributed by atoms with Crippen LogP contribution in [-0.2, 0) is 0 Å². The van der Waals surface area contributed by atoms with E-state index in [1.165, 1.54) is 18.2 Å². The number of carbonyl (C=O) groups is 2. The van der Waals surface area contributed by atoms with Gasteiger partial charge in [0, 0.05) is 5.69 Å². The molecule has 5 nitrogen and oxygen atoms in total. The van der Waals surface area contributed by atoms with Crippen LogP contribution in [0.25, 0.3) is 0 Å². The van der Waals surface area contributed by atoms with E-state index < -0.39 is 35.0 Å². The number of hydrogen-bond acceptors (Lipinski definition) is 3. The Labute approximate surface area is 194 Å². The second-order valence-corrected chi connectivity index (χ2v) is 7.92. The van der Waals surface area contributed by atoms with Crippen molar-refractivity contribution in [1.29, 1.82) is 0 Å². The van der Waals surface area contributed by atoms with Gasteiger partial charge in [-0.3, -0.25) is 10.1 Å². The van der Waals surface area contributed by atoms with Crippen molar-refractivity contribution in [3.05, 3.63) is 86.1 Å². The van der Waals surface area contributed by atoms with Crippen molar-refractivity contribution in [3.63, 3.8) is 0 Å². The van der Waals surface area contributed by atoms with Crippen LogP contribution in [0.2, 0.25) is 5.02 Å². The highest BCUT2D eigenvalue weighted by Crippen LogP contribution is 2.40. The molecule has 0 saturated carbocycles. The third-order valence-corrected chi connectivity index (χ3v) is 5.52. The summed E-state index contributed by atoms with van der Waals surface area (Å²) in [5.74, 6) is -3.30. The highest BCUT2D eigenvalue weighted by Gasteiger charge is 2.21. The molecule has 3 rings (SSSR count). The molecule has 0 atom stereocenters. The van der Waals surface area contributed by atoms with Crippen LogP contribution >= 0.6 is 27.5 Å². The minimum Gasteiger partial charge on any atom is -0.455 e. The molecule has 0 fully saturated rings. The molecule has 0 radical (unpaired) electrons. The average Bonchev–Trinajstić information content (AvgIpc) is 2.71. The van der Waals surface area contributed by atoms with E-state index in [2.05, 4.69) is 21.2 Å². The molecule has 0 heterocycles. The van der Waals surface area contributed by atoms with Crippen molar-refractivity contribution in [3.8, 4) is 11.5 Å². The number of benzene rings is 3. The molecule has 166 valence electrons. The Morgan fingerprint density at radius 3 is 2.28 bits per heavy atom. The minimum atomic E-state index is -1.24. The number of hydrogen-bond donors (Lipinski definition) is 2. The van der Waals surface area contributed by atoms with Gasteiger partial charge in [-0.1, -0.05) is 17.7 Å². The number of amides is 3. The molecule has 2 N–H and O–H groups in total. The Balaban J connectivity index is 1.81. The van der Waals surface area contributed by atoms with Gasteiger partial charge in [0.1, 0.15) is 34.5 Å². The van der Waals surface area contributed by atoms with E-state index in [0.29, 0.717) is 21.3 Å². The van der Waals surface area contributed by atoms with Crippen LogP contribution in [-0.4, -0.2) is 11.9 Å². The number of nitrogens with one attached hydrogen (secondary N) is 2. The molecule has 3 amide bonds. The maximum Gasteiger partial charge on any atom is 0.326 e. The summed E-state index contributed by atoms with van der Waals surface area (Å²) in [6.07, 6.45) is 0. The first-order chi connectivity index (χ1) is 15.1. The predicted octanol–water partition coefficient (Wildman–Crippen LogP) is 6.89. The van der Waals surface area contributed by atoms with E-state index in [9.17, 15) is 22.8 Å². The zero-order chi connectivity index (χ0) is 23.6. The number of urea groups is 1. The fourth-order valence-electron chi connectivity index (χ4n) is 2.89. The lowest BCUT2D eigenvalue weighted by Gasteiger charge is -2.17. The number of rotatable bonds is 4. The third-order valence-electron chi connectivity index (χ3n) is 4.43. The summed E-state index contributed by atoms with van der Waals surface area (Å²) < 4.78 is 46.9. The molecule has 3 aromatic carbocycles. The Hall–Kier alpha value is -3.04. The lowest BCUT2D eigenvalue weighted by molar-refractivity contribution is 0.0959. The molecule has 0 aromatic heterocycles. The van der Waals surface area contributed by atoms with Crippen LogP contribution in [0.4, 0.5) is 23.7 Å². The molecule has 10 heteroatoms. The second kappa shape index (κ2) is 9.62. The molecule has 3 aromatic rings. The van der Waals surface area contributed by atoms with Gasteiger partial charge in [-0.15, -0.1) is 0 Å². The number of anilines is 1. The van der Waals surface area contributed by atoms with Crippen molar-refractivity contribution in [1.82, 2.24) is 5.32 Å². The Kier molecular flexibility index (Phi) is 7.10. The van der Waals surface area contributed by atoms with Crippen LogP contribution in [0, 0.1) is 31.3 Å². The largest absolute Gasteiger partial charge is 0.455 e. The number of carbonyl (C=O) groups excluding carboxylic acids is 2. The van der Waals surface area contributed by atoms with Crippen LogP contribution in [0.1, 0.15) is 21.5 Å². The predicted molar refractivity (Wildman–Crippen MR) is 118 cm³/mol. The highest BCUT2D eigenvalue weighted by molar-refractivity contribution is 9.10. The quantitative estimate of drug-likeness (QED) is 0.388. The Bertz CT molecular complexity index is 1220. The molecule has 0 spiro atoms. The van der Waals surface area contributed by atoms with E-state index >= 15 is 0 Å². The van der Waals surface area contributed by atoms with Crippen molar-refractivity contribution in [2.75, 3.05) is 5.32 Å². The van der Waals surface area contributed by atoms with Gasteiger partial charge in [-0.05, 0) is 77.3 Å². The van der Waals surface area contributed by atoms with Gasteiger partial charge >= 0.3 is 6.03 Å². The van der Waals surface area contributed by atoms with E-state index in [1.54, 1.807) is 19.9 Å². The molecular weight excluding hydrogens is 513 g/mol. The van der Waals surface area contributed by atoms with E-state index in [0.717, 1.165) is 18.2 Å². The number of ether oxygens (including phenoxy) is 1. The van der Waals surface area contributed by atoms with E-state index in [1.807, 2.05) is 5.32 Å². The maximum atomic E-state index is 13.7. The molecule has 0 unspecified atom stereocenters. The topological polar surface area (TPSA) is 67.4 Å². The van der Waals surface area contributed by atoms with E-state index in [-0.39, 0.29) is 16.5 Å². The van der Waals surface area contributed by atoms with Gasteiger partial charge in [-0.25, -0.2) is 18.0 Å². The first-order valence-electron chi connectivity index (χ1n) is 9.07. The first kappa shape index (κ1) is 23.6. The highest BCUT2D eigenvalue weighted by atomic mass is 79.9. The molecule has 0 bridgehead atoms. The normalized spacial score (nSPS) is 10.6. The standard InChI is InChI=1S/C22H15BrClF3N2O3/c1-10-8-17(32-16-7-6-12(25)9-13(16)23)19(24)11(2)20(10)28-22(31)29-21(30)18-14(26)4-3-5-15(18)27/h3-9H,1-2H3,(H2,28,29,30,31). The van der Waals surface area contributed by atoms with Crippen LogP contribution in [0.15, 0.2) is 46.9 Å². The summed E-state index contributed by atoms with van der Waals surface area (Å²) in [4.78, 5) is 24.4. The zero-order valence-corrected chi connectivity index (χ0v) is 19.0. The average molecular weight is 528 g/mol. The Morgan fingerprint density at radius 2 is 1.66 bits per heavy atom. The number of halogens is 5. The number of aryl methyl sites for hydroxylation is 1. The number of imide groups is 1. The third kappa shape index (κ3) is 5.05.